The fourth-order valence-electron chi connectivity index (χ4n) is 1.63. The Morgan fingerprint density at radius 2 is 2.11 bits per heavy atom. The molecule has 2 rings (SSSR count). The molecule has 0 saturated carbocycles. The minimum absolute atomic E-state index is 0.394. The van der Waals surface area contributed by atoms with Crippen molar-refractivity contribution < 1.29 is 9.52 Å². The van der Waals surface area contributed by atoms with E-state index >= 15 is 0 Å². The summed E-state index contributed by atoms with van der Waals surface area (Å²) < 4.78 is 4.95. The number of halogens is 2. The van der Waals surface area contributed by atoms with Gasteiger partial charge in [-0.15, -0.1) is 0 Å². The predicted octanol–water partition coefficient (Wildman–Crippen LogP) is 3.41. The minimum Gasteiger partial charge on any atom is -0.472 e. The Labute approximate surface area is 115 Å². The summed E-state index contributed by atoms with van der Waals surface area (Å²) in [7, 11) is 0. The summed E-state index contributed by atoms with van der Waals surface area (Å²) in [5.74, 6) is 0. The summed E-state index contributed by atoms with van der Waals surface area (Å²) in [5.41, 5.74) is 1.66. The highest BCUT2D eigenvalue weighted by Crippen LogP contribution is 2.25. The van der Waals surface area contributed by atoms with E-state index in [4.69, 9.17) is 27.6 Å². The Morgan fingerprint density at radius 3 is 2.83 bits per heavy atom. The van der Waals surface area contributed by atoms with Crippen molar-refractivity contribution in [3.05, 3.63) is 58.0 Å². The van der Waals surface area contributed by atoms with Gasteiger partial charge in [-0.05, 0) is 24.3 Å². The van der Waals surface area contributed by atoms with Gasteiger partial charge in [0.2, 0.25) is 0 Å². The van der Waals surface area contributed by atoms with Crippen molar-refractivity contribution in [1.82, 2.24) is 5.32 Å². The molecule has 18 heavy (non-hydrogen) atoms. The largest absolute Gasteiger partial charge is 0.472 e. The first-order valence-corrected chi connectivity index (χ1v) is 6.27. The average Bonchev–Trinajstić information content (AvgIpc) is 2.85. The van der Waals surface area contributed by atoms with Crippen LogP contribution in [-0.4, -0.2) is 11.7 Å². The monoisotopic (exact) mass is 285 g/mol. The zero-order chi connectivity index (χ0) is 13.0. The molecule has 0 aliphatic heterocycles. The Balaban J connectivity index is 1.91. The fraction of sp³-hybridized carbons (Fsp3) is 0.231. The lowest BCUT2D eigenvalue weighted by Crippen LogP contribution is -2.21. The normalized spacial score (nSPS) is 12.6. The van der Waals surface area contributed by atoms with Gasteiger partial charge in [-0.1, -0.05) is 23.2 Å². The minimum atomic E-state index is -0.692. The van der Waals surface area contributed by atoms with Crippen LogP contribution in [0.15, 0.2) is 41.2 Å². The van der Waals surface area contributed by atoms with Crippen molar-refractivity contribution in [2.75, 3.05) is 6.54 Å². The molecule has 5 heteroatoms. The molecule has 1 atom stereocenters. The summed E-state index contributed by atoms with van der Waals surface area (Å²) in [6.45, 7) is 1.02. The van der Waals surface area contributed by atoms with Crippen molar-refractivity contribution in [2.45, 2.75) is 12.6 Å². The number of aliphatic hydroxyl groups is 1. The molecule has 0 aliphatic carbocycles. The molecule has 3 nitrogen and oxygen atoms in total. The summed E-state index contributed by atoms with van der Waals surface area (Å²) in [5, 5.41) is 14.2. The van der Waals surface area contributed by atoms with E-state index < -0.39 is 6.10 Å². The van der Waals surface area contributed by atoms with Gasteiger partial charge in [0.1, 0.15) is 0 Å². The highest BCUT2D eigenvalue weighted by Gasteiger charge is 2.11. The molecule has 0 radical (unpaired) electrons. The van der Waals surface area contributed by atoms with Crippen LogP contribution in [0.4, 0.5) is 0 Å². The van der Waals surface area contributed by atoms with E-state index in [1.54, 1.807) is 30.7 Å². The van der Waals surface area contributed by atoms with Crippen molar-refractivity contribution in [1.29, 1.82) is 0 Å². The quantitative estimate of drug-likeness (QED) is 0.885. The molecular weight excluding hydrogens is 273 g/mol. The molecule has 2 aromatic rings. The highest BCUT2D eigenvalue weighted by molar-refractivity contribution is 6.33. The molecule has 0 bridgehead atoms. The van der Waals surface area contributed by atoms with Gasteiger partial charge in [0.25, 0.3) is 0 Å². The van der Waals surface area contributed by atoms with Crippen LogP contribution >= 0.6 is 23.2 Å². The van der Waals surface area contributed by atoms with Gasteiger partial charge < -0.3 is 14.8 Å². The second kappa shape index (κ2) is 6.25. The molecule has 1 unspecified atom stereocenters. The number of benzene rings is 1. The zero-order valence-electron chi connectivity index (χ0n) is 9.57. The number of hydrogen-bond acceptors (Lipinski definition) is 3. The lowest BCUT2D eigenvalue weighted by atomic mass is 10.1. The van der Waals surface area contributed by atoms with Gasteiger partial charge in [-0.2, -0.15) is 0 Å². The van der Waals surface area contributed by atoms with Crippen molar-refractivity contribution in [2.24, 2.45) is 0 Å². The molecule has 0 saturated heterocycles. The molecule has 0 fully saturated rings. The Kier molecular flexibility index (Phi) is 4.66. The molecule has 0 aliphatic rings. The average molecular weight is 286 g/mol. The SMILES string of the molecule is OC(CNCc1ccoc1)c1cc(Cl)ccc1Cl. The third-order valence-corrected chi connectivity index (χ3v) is 3.14. The molecule has 0 amide bonds. The van der Waals surface area contributed by atoms with E-state index in [0.29, 0.717) is 28.7 Å². The summed E-state index contributed by atoms with van der Waals surface area (Å²) in [6.07, 6.45) is 2.58. The van der Waals surface area contributed by atoms with Crippen LogP contribution in [0.5, 0.6) is 0 Å². The lowest BCUT2D eigenvalue weighted by molar-refractivity contribution is 0.174. The smallest absolute Gasteiger partial charge is 0.0947 e. The third kappa shape index (κ3) is 3.50. The lowest BCUT2D eigenvalue weighted by Gasteiger charge is -2.13. The summed E-state index contributed by atoms with van der Waals surface area (Å²) >= 11 is 11.9. The van der Waals surface area contributed by atoms with Gasteiger partial charge in [-0.3, -0.25) is 0 Å². The standard InChI is InChI=1S/C13H13Cl2NO2/c14-10-1-2-12(15)11(5-10)13(17)7-16-6-9-3-4-18-8-9/h1-5,8,13,16-17H,6-7H2. The Morgan fingerprint density at radius 1 is 1.28 bits per heavy atom. The topological polar surface area (TPSA) is 45.4 Å². The van der Waals surface area contributed by atoms with Crippen LogP contribution in [0.2, 0.25) is 10.0 Å². The number of furan rings is 1. The van der Waals surface area contributed by atoms with Gasteiger partial charge in [-0.25, -0.2) is 0 Å². The number of rotatable bonds is 5. The maximum absolute atomic E-state index is 10.0. The fourth-order valence-corrected chi connectivity index (χ4v) is 2.05. The number of hydrogen-bond donors (Lipinski definition) is 2. The summed E-state index contributed by atoms with van der Waals surface area (Å²) in [6, 6.07) is 6.91. The van der Waals surface area contributed by atoms with Crippen LogP contribution in [0, 0.1) is 0 Å². The first-order chi connectivity index (χ1) is 8.66. The molecular formula is C13H13Cl2NO2. The second-order valence-corrected chi connectivity index (χ2v) is 4.79. The molecule has 0 spiro atoms. The molecule has 1 heterocycles. The maximum atomic E-state index is 10.0. The maximum Gasteiger partial charge on any atom is 0.0947 e. The van der Waals surface area contributed by atoms with Crippen LogP contribution in [0.3, 0.4) is 0 Å². The van der Waals surface area contributed by atoms with E-state index in [2.05, 4.69) is 5.32 Å². The van der Waals surface area contributed by atoms with E-state index in [1.165, 1.54) is 0 Å². The van der Waals surface area contributed by atoms with Crippen LogP contribution in [-0.2, 0) is 6.54 Å². The van der Waals surface area contributed by atoms with Crippen LogP contribution in [0.25, 0.3) is 0 Å². The summed E-state index contributed by atoms with van der Waals surface area (Å²) in [4.78, 5) is 0. The zero-order valence-corrected chi connectivity index (χ0v) is 11.1. The van der Waals surface area contributed by atoms with Crippen molar-refractivity contribution >= 4 is 23.2 Å². The van der Waals surface area contributed by atoms with Gasteiger partial charge in [0.15, 0.2) is 0 Å². The Hall–Kier alpha value is -1.000. The number of nitrogens with one attached hydrogen (secondary N) is 1. The predicted molar refractivity (Wildman–Crippen MR) is 71.8 cm³/mol. The van der Waals surface area contributed by atoms with E-state index in [9.17, 15) is 5.11 Å². The second-order valence-electron chi connectivity index (χ2n) is 3.94. The van der Waals surface area contributed by atoms with E-state index in [0.717, 1.165) is 5.56 Å². The van der Waals surface area contributed by atoms with E-state index in [-0.39, 0.29) is 0 Å². The molecule has 1 aromatic carbocycles. The van der Waals surface area contributed by atoms with Crippen molar-refractivity contribution in [3.63, 3.8) is 0 Å². The van der Waals surface area contributed by atoms with E-state index in [1.807, 2.05) is 6.07 Å². The third-order valence-electron chi connectivity index (χ3n) is 2.56. The van der Waals surface area contributed by atoms with Crippen LogP contribution in [0.1, 0.15) is 17.2 Å². The molecule has 2 N–H and O–H groups in total. The number of aliphatic hydroxyl groups excluding tert-OH is 1. The van der Waals surface area contributed by atoms with Crippen LogP contribution < -0.4 is 5.32 Å². The van der Waals surface area contributed by atoms with Crippen molar-refractivity contribution in [3.8, 4) is 0 Å². The van der Waals surface area contributed by atoms with Gasteiger partial charge in [0, 0.05) is 34.3 Å². The molecule has 1 aromatic heterocycles. The first kappa shape index (κ1) is 13.4. The first-order valence-electron chi connectivity index (χ1n) is 5.51. The molecule has 96 valence electrons. The Bertz CT molecular complexity index is 500. The van der Waals surface area contributed by atoms with Gasteiger partial charge >= 0.3 is 0 Å². The van der Waals surface area contributed by atoms with Gasteiger partial charge in [0.05, 0.1) is 18.6 Å². The highest BCUT2D eigenvalue weighted by atomic mass is 35.5.